The molecule has 0 fully saturated rings. The summed E-state index contributed by atoms with van der Waals surface area (Å²) in [4.78, 5) is 30.6. The van der Waals surface area contributed by atoms with E-state index in [9.17, 15) is 9.59 Å². The molecule has 0 aliphatic rings. The number of pyridine rings is 2. The van der Waals surface area contributed by atoms with Crippen LogP contribution in [0.2, 0.25) is 0 Å². The molecule has 0 spiro atoms. The molecule has 4 aromatic rings. The molecule has 0 amide bonds. The van der Waals surface area contributed by atoms with Crippen LogP contribution in [0.3, 0.4) is 0 Å². The zero-order chi connectivity index (χ0) is 20.4. The van der Waals surface area contributed by atoms with E-state index >= 15 is 0 Å². The molecule has 0 aliphatic heterocycles. The highest BCUT2D eigenvalue weighted by Crippen LogP contribution is 2.18. The molecule has 6 heteroatoms. The summed E-state index contributed by atoms with van der Waals surface area (Å²) >= 11 is 3.38. The van der Waals surface area contributed by atoms with Crippen LogP contribution in [0.25, 0.3) is 10.9 Å². The zero-order valence-corrected chi connectivity index (χ0v) is 17.2. The van der Waals surface area contributed by atoms with Gasteiger partial charge in [0.15, 0.2) is 5.78 Å². The fraction of sp³-hybridized carbons (Fsp3) is 0.0870. The van der Waals surface area contributed by atoms with Gasteiger partial charge in [0, 0.05) is 17.1 Å². The maximum atomic E-state index is 13.1. The molecule has 29 heavy (non-hydrogen) atoms. The van der Waals surface area contributed by atoms with Crippen LogP contribution in [-0.4, -0.2) is 22.4 Å². The van der Waals surface area contributed by atoms with Crippen molar-refractivity contribution in [1.82, 2.24) is 9.55 Å². The first-order valence-electron chi connectivity index (χ1n) is 8.99. The van der Waals surface area contributed by atoms with Crippen molar-refractivity contribution in [3.8, 4) is 5.75 Å². The molecule has 2 aromatic heterocycles. The minimum atomic E-state index is -0.320. The van der Waals surface area contributed by atoms with E-state index in [0.717, 1.165) is 15.8 Å². The highest BCUT2D eigenvalue weighted by atomic mass is 79.9. The summed E-state index contributed by atoms with van der Waals surface area (Å²) in [7, 11) is 1.56. The van der Waals surface area contributed by atoms with Crippen molar-refractivity contribution in [2.75, 3.05) is 7.11 Å². The predicted octanol–water partition coefficient (Wildman–Crippen LogP) is 4.45. The molecule has 2 aromatic carbocycles. The fourth-order valence-electron chi connectivity index (χ4n) is 3.25. The van der Waals surface area contributed by atoms with Crippen LogP contribution in [0.5, 0.6) is 5.75 Å². The molecule has 0 atom stereocenters. The van der Waals surface area contributed by atoms with Gasteiger partial charge >= 0.3 is 0 Å². The van der Waals surface area contributed by atoms with Gasteiger partial charge in [-0.15, -0.1) is 0 Å². The molecule has 0 unspecified atom stereocenters. The third kappa shape index (κ3) is 3.84. The van der Waals surface area contributed by atoms with E-state index in [1.807, 2.05) is 34.9 Å². The van der Waals surface area contributed by atoms with E-state index in [1.54, 1.807) is 49.7 Å². The quantitative estimate of drug-likeness (QED) is 0.334. The van der Waals surface area contributed by atoms with Crippen molar-refractivity contribution in [3.63, 3.8) is 0 Å². The van der Waals surface area contributed by atoms with Crippen molar-refractivity contribution in [2.24, 2.45) is 0 Å². The van der Waals surface area contributed by atoms with Crippen LogP contribution < -0.4 is 10.2 Å². The monoisotopic (exact) mass is 448 g/mol. The molecule has 144 valence electrons. The molecule has 0 bridgehead atoms. The van der Waals surface area contributed by atoms with Crippen molar-refractivity contribution in [3.05, 3.63) is 105 Å². The van der Waals surface area contributed by atoms with Crippen LogP contribution in [0.4, 0.5) is 0 Å². The van der Waals surface area contributed by atoms with Crippen molar-refractivity contribution in [1.29, 1.82) is 0 Å². The average molecular weight is 449 g/mol. The topological polar surface area (TPSA) is 61.2 Å². The number of rotatable bonds is 5. The molecule has 2 heterocycles. The van der Waals surface area contributed by atoms with E-state index in [0.29, 0.717) is 23.2 Å². The Morgan fingerprint density at radius 3 is 2.52 bits per heavy atom. The van der Waals surface area contributed by atoms with E-state index in [2.05, 4.69) is 20.9 Å². The lowest BCUT2D eigenvalue weighted by molar-refractivity contribution is 0.103. The number of hydrogen-bond donors (Lipinski definition) is 0. The van der Waals surface area contributed by atoms with E-state index in [4.69, 9.17) is 4.74 Å². The third-order valence-electron chi connectivity index (χ3n) is 4.69. The van der Waals surface area contributed by atoms with Gasteiger partial charge in [-0.05, 0) is 64.5 Å². The lowest BCUT2D eigenvalue weighted by Crippen LogP contribution is -2.20. The number of fused-ring (bicyclic) bond motifs is 1. The minimum absolute atomic E-state index is 0.129. The van der Waals surface area contributed by atoms with Gasteiger partial charge in [0.05, 0.1) is 30.4 Å². The molecule has 0 radical (unpaired) electrons. The molecule has 0 N–H and O–H groups in total. The zero-order valence-electron chi connectivity index (χ0n) is 15.6. The third-order valence-corrected chi connectivity index (χ3v) is 5.13. The van der Waals surface area contributed by atoms with Gasteiger partial charge in [0.1, 0.15) is 10.4 Å². The van der Waals surface area contributed by atoms with Gasteiger partial charge < -0.3 is 9.30 Å². The van der Waals surface area contributed by atoms with Gasteiger partial charge in [0.25, 0.3) is 0 Å². The summed E-state index contributed by atoms with van der Waals surface area (Å²) in [5, 5.41) is 0.502. The van der Waals surface area contributed by atoms with Gasteiger partial charge in [-0.25, -0.2) is 4.98 Å². The fourth-order valence-corrected chi connectivity index (χ4v) is 3.63. The second kappa shape index (κ2) is 8.01. The van der Waals surface area contributed by atoms with Gasteiger partial charge in [-0.3, -0.25) is 9.59 Å². The summed E-state index contributed by atoms with van der Waals surface area (Å²) < 4.78 is 7.77. The second-order valence-electron chi connectivity index (χ2n) is 6.53. The van der Waals surface area contributed by atoms with Crippen LogP contribution in [0.15, 0.2) is 82.3 Å². The Balaban J connectivity index is 1.84. The summed E-state index contributed by atoms with van der Waals surface area (Å²) in [6.07, 6.45) is 1.62. The average Bonchev–Trinajstić information content (AvgIpc) is 2.75. The molecule has 0 aliphatic carbocycles. The Hall–Kier alpha value is -3.25. The van der Waals surface area contributed by atoms with E-state index in [1.165, 1.54) is 0 Å². The van der Waals surface area contributed by atoms with Crippen LogP contribution in [-0.2, 0) is 6.54 Å². The number of carbonyl (C=O) groups excluding carboxylic acids is 1. The van der Waals surface area contributed by atoms with Gasteiger partial charge in [-0.2, -0.15) is 0 Å². The molecular formula is C23H17BrN2O3. The summed E-state index contributed by atoms with van der Waals surface area (Å²) in [5.74, 6) is 0.331. The Labute approximate surface area is 175 Å². The van der Waals surface area contributed by atoms with Gasteiger partial charge in [-0.1, -0.05) is 18.2 Å². The summed E-state index contributed by atoms with van der Waals surface area (Å²) in [6, 6.07) is 19.7. The Kier molecular flexibility index (Phi) is 5.27. The first kappa shape index (κ1) is 19.1. The van der Waals surface area contributed by atoms with E-state index in [-0.39, 0.29) is 16.8 Å². The number of ether oxygens (including phenoxy) is 1. The summed E-state index contributed by atoms with van der Waals surface area (Å²) in [5.41, 5.74) is 1.86. The number of methoxy groups -OCH3 is 1. The highest BCUT2D eigenvalue weighted by molar-refractivity contribution is 9.10. The minimum Gasteiger partial charge on any atom is -0.497 e. The van der Waals surface area contributed by atoms with E-state index < -0.39 is 0 Å². The molecule has 5 nitrogen and oxygen atoms in total. The number of carbonyl (C=O) groups is 1. The van der Waals surface area contributed by atoms with Crippen LogP contribution >= 0.6 is 15.9 Å². The Bertz CT molecular complexity index is 1260. The standard InChI is InChI=1S/C23H17BrN2O3/c1-29-17-11-9-15(10-12-17)22(27)19-14-26(13-16-5-4-8-21(24)25-16)20-7-3-2-6-18(20)23(19)28/h2-12,14H,13H2,1H3. The molecule has 0 saturated heterocycles. The maximum Gasteiger partial charge on any atom is 0.200 e. The van der Waals surface area contributed by atoms with Crippen LogP contribution in [0, 0.1) is 0 Å². The lowest BCUT2D eigenvalue weighted by atomic mass is 10.0. The van der Waals surface area contributed by atoms with Crippen molar-refractivity contribution in [2.45, 2.75) is 6.54 Å². The molecule has 0 saturated carbocycles. The smallest absolute Gasteiger partial charge is 0.200 e. The number of para-hydroxylation sites is 1. The van der Waals surface area contributed by atoms with Gasteiger partial charge in [0.2, 0.25) is 5.43 Å². The second-order valence-corrected chi connectivity index (χ2v) is 7.34. The maximum absolute atomic E-state index is 13.1. The normalized spacial score (nSPS) is 10.8. The Morgan fingerprint density at radius 2 is 1.79 bits per heavy atom. The van der Waals surface area contributed by atoms with Crippen molar-refractivity contribution < 1.29 is 9.53 Å². The lowest BCUT2D eigenvalue weighted by Gasteiger charge is -2.13. The number of aromatic nitrogens is 2. The molecular weight excluding hydrogens is 432 g/mol. The largest absolute Gasteiger partial charge is 0.497 e. The summed E-state index contributed by atoms with van der Waals surface area (Å²) in [6.45, 7) is 0.434. The Morgan fingerprint density at radius 1 is 1.03 bits per heavy atom. The first-order chi connectivity index (χ1) is 14.1. The number of ketones is 1. The SMILES string of the molecule is COc1ccc(C(=O)c2cn(Cc3cccc(Br)n3)c3ccccc3c2=O)cc1. The van der Waals surface area contributed by atoms with Crippen LogP contribution in [0.1, 0.15) is 21.6 Å². The predicted molar refractivity (Wildman–Crippen MR) is 116 cm³/mol. The van der Waals surface area contributed by atoms with Crippen molar-refractivity contribution >= 4 is 32.6 Å². The number of hydrogen-bond acceptors (Lipinski definition) is 4. The number of halogens is 1. The number of benzene rings is 2. The highest BCUT2D eigenvalue weighted by Gasteiger charge is 2.17. The number of nitrogens with zero attached hydrogens (tertiary/aromatic N) is 2. The molecule has 4 rings (SSSR count). The first-order valence-corrected chi connectivity index (χ1v) is 9.78.